The Morgan fingerprint density at radius 3 is 2.84 bits per heavy atom. The van der Waals surface area contributed by atoms with Crippen molar-refractivity contribution in [1.29, 1.82) is 0 Å². The Bertz CT molecular complexity index is 476. The molecule has 2 unspecified atom stereocenters. The maximum Gasteiger partial charge on any atom is 0.248 e. The number of carbonyl (C=O) groups excluding carboxylic acids is 1. The number of likely N-dealkylation sites (tertiary alicyclic amines) is 1. The molecular weight excluding hydrogens is 242 g/mol. The minimum atomic E-state index is -0.471. The second kappa shape index (κ2) is 5.59. The van der Waals surface area contributed by atoms with Gasteiger partial charge in [-0.2, -0.15) is 0 Å². The number of aliphatic hydroxyl groups is 1. The Balaban J connectivity index is 2.13. The van der Waals surface area contributed by atoms with E-state index in [1.54, 1.807) is 12.1 Å². The molecule has 5 N–H and O–H groups in total. The molecule has 1 aliphatic rings. The lowest BCUT2D eigenvalue weighted by molar-refractivity contribution is 0.100. The number of nitrogen functional groups attached to an aromatic ring is 1. The van der Waals surface area contributed by atoms with Gasteiger partial charge >= 0.3 is 0 Å². The number of hydrogen-bond donors (Lipinski definition) is 3. The van der Waals surface area contributed by atoms with Gasteiger partial charge in [0.15, 0.2) is 0 Å². The number of nitrogens with zero attached hydrogens (tertiary/aromatic N) is 1. The molecule has 0 spiro atoms. The molecule has 0 saturated carbocycles. The summed E-state index contributed by atoms with van der Waals surface area (Å²) in [5, 5.41) is 9.44. The molecule has 0 bridgehead atoms. The highest BCUT2D eigenvalue weighted by molar-refractivity contribution is 5.93. The maximum absolute atomic E-state index is 11.1. The summed E-state index contributed by atoms with van der Waals surface area (Å²) in [6, 6.07) is 5.34. The zero-order chi connectivity index (χ0) is 14.0. The van der Waals surface area contributed by atoms with E-state index in [0.717, 1.165) is 18.5 Å². The number of aliphatic hydroxyl groups excluding tert-OH is 1. The number of benzene rings is 1. The third kappa shape index (κ3) is 2.88. The van der Waals surface area contributed by atoms with Gasteiger partial charge in [0.2, 0.25) is 5.91 Å². The van der Waals surface area contributed by atoms with E-state index in [-0.39, 0.29) is 12.6 Å². The summed E-state index contributed by atoms with van der Waals surface area (Å²) < 4.78 is 0. The molecule has 0 radical (unpaired) electrons. The van der Waals surface area contributed by atoms with Crippen LogP contribution in [0.2, 0.25) is 0 Å². The van der Waals surface area contributed by atoms with E-state index >= 15 is 0 Å². The van der Waals surface area contributed by atoms with Crippen molar-refractivity contribution >= 4 is 11.6 Å². The first-order chi connectivity index (χ1) is 9.02. The first-order valence-electron chi connectivity index (χ1n) is 6.56. The second-order valence-corrected chi connectivity index (χ2v) is 5.26. The van der Waals surface area contributed by atoms with Crippen LogP contribution in [0.25, 0.3) is 0 Å². The van der Waals surface area contributed by atoms with Gasteiger partial charge in [0.1, 0.15) is 0 Å². The van der Waals surface area contributed by atoms with Gasteiger partial charge in [-0.1, -0.05) is 13.0 Å². The Labute approximate surface area is 113 Å². The van der Waals surface area contributed by atoms with Gasteiger partial charge in [-0.3, -0.25) is 9.69 Å². The summed E-state index contributed by atoms with van der Waals surface area (Å²) in [5.41, 5.74) is 13.2. The summed E-state index contributed by atoms with van der Waals surface area (Å²) in [4.78, 5) is 13.3. The van der Waals surface area contributed by atoms with Crippen molar-refractivity contribution in [3.8, 4) is 0 Å². The monoisotopic (exact) mass is 263 g/mol. The maximum atomic E-state index is 11.1. The van der Waals surface area contributed by atoms with Crippen molar-refractivity contribution in [2.45, 2.75) is 25.9 Å². The van der Waals surface area contributed by atoms with Crippen molar-refractivity contribution in [3.63, 3.8) is 0 Å². The minimum Gasteiger partial charge on any atom is -0.398 e. The van der Waals surface area contributed by atoms with Crippen LogP contribution in [0.4, 0.5) is 5.69 Å². The number of anilines is 1. The number of nitrogens with two attached hydrogens (primary N) is 2. The molecule has 19 heavy (non-hydrogen) atoms. The average molecular weight is 263 g/mol. The Morgan fingerprint density at radius 1 is 1.53 bits per heavy atom. The Hall–Kier alpha value is -1.59. The predicted molar refractivity (Wildman–Crippen MR) is 74.4 cm³/mol. The standard InChI is InChI=1S/C14H21N3O2/c1-9-4-5-17(13(9)8-18)7-11-3-2-10(14(16)19)6-12(11)15/h2-3,6,9,13,18H,4-5,7-8,15H2,1H3,(H2,16,19). The molecule has 5 nitrogen and oxygen atoms in total. The van der Waals surface area contributed by atoms with Crippen LogP contribution >= 0.6 is 0 Å². The SMILES string of the molecule is CC1CCN(Cc2ccc(C(N)=O)cc2N)C1CO. The van der Waals surface area contributed by atoms with E-state index in [2.05, 4.69) is 11.8 Å². The van der Waals surface area contributed by atoms with Crippen LogP contribution < -0.4 is 11.5 Å². The fourth-order valence-corrected chi connectivity index (χ4v) is 2.69. The number of hydrogen-bond acceptors (Lipinski definition) is 4. The fourth-order valence-electron chi connectivity index (χ4n) is 2.69. The zero-order valence-corrected chi connectivity index (χ0v) is 11.2. The van der Waals surface area contributed by atoms with Crippen LogP contribution in [0.3, 0.4) is 0 Å². The van der Waals surface area contributed by atoms with E-state index in [0.29, 0.717) is 23.7 Å². The summed E-state index contributed by atoms with van der Waals surface area (Å²) in [7, 11) is 0. The third-order valence-corrected chi connectivity index (χ3v) is 3.99. The highest BCUT2D eigenvalue weighted by Crippen LogP contribution is 2.27. The Kier molecular flexibility index (Phi) is 4.07. The highest BCUT2D eigenvalue weighted by Gasteiger charge is 2.30. The lowest BCUT2D eigenvalue weighted by Crippen LogP contribution is -2.34. The van der Waals surface area contributed by atoms with E-state index in [9.17, 15) is 9.90 Å². The van der Waals surface area contributed by atoms with E-state index in [1.807, 2.05) is 6.07 Å². The molecule has 1 fully saturated rings. The van der Waals surface area contributed by atoms with Crippen molar-refractivity contribution in [1.82, 2.24) is 4.90 Å². The topological polar surface area (TPSA) is 92.6 Å². The molecule has 2 rings (SSSR count). The summed E-state index contributed by atoms with van der Waals surface area (Å²) >= 11 is 0. The normalized spacial score (nSPS) is 23.7. The van der Waals surface area contributed by atoms with Gasteiger partial charge in [0.25, 0.3) is 0 Å². The number of carbonyl (C=O) groups is 1. The van der Waals surface area contributed by atoms with Gasteiger partial charge in [-0.25, -0.2) is 0 Å². The molecule has 1 aromatic rings. The molecule has 0 aromatic heterocycles. The minimum absolute atomic E-state index is 0.167. The quantitative estimate of drug-likeness (QED) is 0.692. The number of rotatable bonds is 4. The van der Waals surface area contributed by atoms with Gasteiger partial charge in [0.05, 0.1) is 6.61 Å². The molecule has 1 amide bonds. The van der Waals surface area contributed by atoms with E-state index in [1.165, 1.54) is 0 Å². The molecule has 1 saturated heterocycles. The molecule has 5 heteroatoms. The molecule has 1 aromatic carbocycles. The highest BCUT2D eigenvalue weighted by atomic mass is 16.3. The lowest BCUT2D eigenvalue weighted by Gasteiger charge is -2.25. The first-order valence-corrected chi connectivity index (χ1v) is 6.56. The van der Waals surface area contributed by atoms with Crippen LogP contribution in [0, 0.1) is 5.92 Å². The molecule has 2 atom stereocenters. The van der Waals surface area contributed by atoms with Crippen molar-refractivity contribution in [2.75, 3.05) is 18.9 Å². The molecular formula is C14H21N3O2. The van der Waals surface area contributed by atoms with Crippen LogP contribution in [-0.4, -0.2) is 35.1 Å². The van der Waals surface area contributed by atoms with Crippen molar-refractivity contribution in [2.24, 2.45) is 11.7 Å². The van der Waals surface area contributed by atoms with Gasteiger partial charge in [0, 0.05) is 23.8 Å². The molecule has 0 aliphatic carbocycles. The van der Waals surface area contributed by atoms with Gasteiger partial charge in [-0.15, -0.1) is 0 Å². The van der Waals surface area contributed by atoms with Crippen molar-refractivity contribution in [3.05, 3.63) is 29.3 Å². The van der Waals surface area contributed by atoms with Crippen LogP contribution in [0.15, 0.2) is 18.2 Å². The number of primary amides is 1. The average Bonchev–Trinajstić information content (AvgIpc) is 2.72. The van der Waals surface area contributed by atoms with Crippen LogP contribution in [0.1, 0.15) is 29.3 Å². The first kappa shape index (κ1) is 13.8. The molecule has 1 aliphatic heterocycles. The summed E-state index contributed by atoms with van der Waals surface area (Å²) in [6.07, 6.45) is 1.09. The zero-order valence-electron chi connectivity index (χ0n) is 11.2. The van der Waals surface area contributed by atoms with Crippen LogP contribution in [-0.2, 0) is 6.54 Å². The second-order valence-electron chi connectivity index (χ2n) is 5.26. The predicted octanol–water partition coefficient (Wildman–Crippen LogP) is 0.570. The fraction of sp³-hybridized carbons (Fsp3) is 0.500. The van der Waals surface area contributed by atoms with Crippen LogP contribution in [0.5, 0.6) is 0 Å². The van der Waals surface area contributed by atoms with E-state index in [4.69, 9.17) is 11.5 Å². The Morgan fingerprint density at radius 2 is 2.26 bits per heavy atom. The molecule has 1 heterocycles. The third-order valence-electron chi connectivity index (χ3n) is 3.99. The smallest absolute Gasteiger partial charge is 0.248 e. The van der Waals surface area contributed by atoms with Gasteiger partial charge < -0.3 is 16.6 Å². The van der Waals surface area contributed by atoms with E-state index < -0.39 is 5.91 Å². The number of amides is 1. The largest absolute Gasteiger partial charge is 0.398 e. The van der Waals surface area contributed by atoms with Gasteiger partial charge in [-0.05, 0) is 36.6 Å². The molecule has 104 valence electrons. The van der Waals surface area contributed by atoms with Crippen molar-refractivity contribution < 1.29 is 9.90 Å². The lowest BCUT2D eigenvalue weighted by atomic mass is 10.0. The summed E-state index contributed by atoms with van der Waals surface area (Å²) in [6.45, 7) is 3.98. The summed E-state index contributed by atoms with van der Waals surface area (Å²) in [5.74, 6) is 0.0254.